The highest BCUT2D eigenvalue weighted by Gasteiger charge is 2.36. The van der Waals surface area contributed by atoms with Crippen molar-refractivity contribution in [2.45, 2.75) is 44.8 Å². The first-order valence-corrected chi connectivity index (χ1v) is 9.80. The zero-order chi connectivity index (χ0) is 20.5. The van der Waals surface area contributed by atoms with Gasteiger partial charge in [-0.25, -0.2) is 4.79 Å². The number of piperidine rings is 2. The first-order valence-electron chi connectivity index (χ1n) is 9.80. The fourth-order valence-electron chi connectivity index (χ4n) is 4.26. The molecule has 1 aromatic rings. The summed E-state index contributed by atoms with van der Waals surface area (Å²) < 4.78 is 5.69. The van der Waals surface area contributed by atoms with E-state index in [9.17, 15) is 19.2 Å². The monoisotopic (exact) mass is 401 g/mol. The maximum absolute atomic E-state index is 12.6. The number of hydrogen-bond donors (Lipinski definition) is 2. The van der Waals surface area contributed by atoms with Crippen LogP contribution >= 0.6 is 0 Å². The molecular weight excluding hydrogens is 378 g/mol. The molecule has 9 nitrogen and oxygen atoms in total. The van der Waals surface area contributed by atoms with Gasteiger partial charge in [0.15, 0.2) is 0 Å². The summed E-state index contributed by atoms with van der Waals surface area (Å²) in [5.41, 5.74) is 1.88. The van der Waals surface area contributed by atoms with E-state index >= 15 is 0 Å². The summed E-state index contributed by atoms with van der Waals surface area (Å²) in [5.74, 6) is -0.704. The quantitative estimate of drug-likeness (QED) is 0.443. The molecule has 9 heteroatoms. The largest absolute Gasteiger partial charge is 0.465 e. The van der Waals surface area contributed by atoms with E-state index in [4.69, 9.17) is 9.84 Å². The molecule has 4 rings (SSSR count). The third-order valence-corrected chi connectivity index (χ3v) is 5.92. The number of nitrogens with one attached hydrogen (secondary N) is 1. The van der Waals surface area contributed by atoms with Gasteiger partial charge in [0.25, 0.3) is 0 Å². The molecule has 3 heterocycles. The molecule has 3 aliphatic rings. The van der Waals surface area contributed by atoms with E-state index in [-0.39, 0.29) is 29.7 Å². The Labute approximate surface area is 167 Å². The second-order valence-electron chi connectivity index (χ2n) is 7.73. The van der Waals surface area contributed by atoms with Gasteiger partial charge in [0, 0.05) is 38.2 Å². The summed E-state index contributed by atoms with van der Waals surface area (Å²) in [6.45, 7) is 1.68. The molecule has 29 heavy (non-hydrogen) atoms. The molecule has 2 fully saturated rings. The molecule has 0 aromatic heterocycles. The summed E-state index contributed by atoms with van der Waals surface area (Å²) >= 11 is 0. The van der Waals surface area contributed by atoms with Gasteiger partial charge >= 0.3 is 12.1 Å². The number of carbonyl (C=O) groups is 4. The number of carbonyl (C=O) groups excluding carboxylic acids is 3. The summed E-state index contributed by atoms with van der Waals surface area (Å²) in [5, 5.41) is 11.4. The summed E-state index contributed by atoms with van der Waals surface area (Å²) in [7, 11) is 0. The second-order valence-corrected chi connectivity index (χ2v) is 7.73. The van der Waals surface area contributed by atoms with Crippen LogP contribution in [0, 0.1) is 5.92 Å². The van der Waals surface area contributed by atoms with Crippen molar-refractivity contribution < 1.29 is 29.0 Å². The van der Waals surface area contributed by atoms with Crippen LogP contribution < -0.4 is 10.1 Å². The maximum Gasteiger partial charge on any atom is 0.407 e. The second kappa shape index (κ2) is 7.82. The lowest BCUT2D eigenvalue weighted by Crippen LogP contribution is -2.50. The van der Waals surface area contributed by atoms with Gasteiger partial charge < -0.3 is 14.7 Å². The van der Waals surface area contributed by atoms with Crippen molar-refractivity contribution in [3.8, 4) is 5.75 Å². The summed E-state index contributed by atoms with van der Waals surface area (Å²) in [6.07, 6.45) is 0.729. The Morgan fingerprint density at radius 2 is 1.86 bits per heavy atom. The van der Waals surface area contributed by atoms with Crippen molar-refractivity contribution in [2.75, 3.05) is 13.1 Å². The number of carboxylic acid groups (broad SMARTS) is 1. The van der Waals surface area contributed by atoms with Crippen LogP contribution in [0.2, 0.25) is 0 Å². The highest BCUT2D eigenvalue weighted by atomic mass is 16.5. The molecule has 2 saturated heterocycles. The van der Waals surface area contributed by atoms with Gasteiger partial charge in [0.05, 0.1) is 12.0 Å². The zero-order valence-corrected chi connectivity index (χ0v) is 15.9. The lowest BCUT2D eigenvalue weighted by molar-refractivity contribution is -0.141. The lowest BCUT2D eigenvalue weighted by Gasteiger charge is -2.29. The van der Waals surface area contributed by atoms with E-state index < -0.39 is 6.09 Å². The third-order valence-electron chi connectivity index (χ3n) is 5.92. The highest BCUT2D eigenvalue weighted by Crippen LogP contribution is 2.34. The Kier molecular flexibility index (Phi) is 5.23. The number of nitrogens with zero attached hydrogens (tertiary/aromatic N) is 2. The fourth-order valence-corrected chi connectivity index (χ4v) is 4.26. The topological polar surface area (TPSA) is 116 Å². The molecule has 3 aliphatic heterocycles. The Balaban J connectivity index is 1.41. The number of imide groups is 1. The Hall–Kier alpha value is -2.94. The van der Waals surface area contributed by atoms with Crippen LogP contribution in [0.4, 0.5) is 4.79 Å². The van der Waals surface area contributed by atoms with Gasteiger partial charge in [-0.3, -0.25) is 24.6 Å². The molecule has 2 N–H and O–H groups in total. The summed E-state index contributed by atoms with van der Waals surface area (Å²) in [6, 6.07) is 5.15. The molecule has 0 aliphatic carbocycles. The van der Waals surface area contributed by atoms with Gasteiger partial charge in [-0.15, -0.1) is 0 Å². The highest BCUT2D eigenvalue weighted by molar-refractivity contribution is 6.00. The Morgan fingerprint density at radius 3 is 2.55 bits per heavy atom. The minimum Gasteiger partial charge on any atom is -0.465 e. The van der Waals surface area contributed by atoms with E-state index in [1.165, 1.54) is 4.90 Å². The minimum absolute atomic E-state index is 0.244. The number of benzene rings is 1. The van der Waals surface area contributed by atoms with Crippen LogP contribution in [0.1, 0.15) is 36.8 Å². The molecular formula is C20H23N3O6. The van der Waals surface area contributed by atoms with Crippen LogP contribution in [0.3, 0.4) is 0 Å². The molecule has 154 valence electrons. The maximum atomic E-state index is 12.6. The molecule has 0 spiro atoms. The van der Waals surface area contributed by atoms with Crippen molar-refractivity contribution in [2.24, 2.45) is 5.92 Å². The fraction of sp³-hybridized carbons (Fsp3) is 0.500. The van der Waals surface area contributed by atoms with Crippen molar-refractivity contribution in [3.63, 3.8) is 0 Å². The van der Waals surface area contributed by atoms with E-state index in [0.29, 0.717) is 57.6 Å². The van der Waals surface area contributed by atoms with E-state index in [1.807, 2.05) is 17.0 Å². The first-order chi connectivity index (χ1) is 13.9. The van der Waals surface area contributed by atoms with E-state index in [2.05, 4.69) is 5.32 Å². The third kappa shape index (κ3) is 3.95. The number of esters is 1. The van der Waals surface area contributed by atoms with Crippen LogP contribution in [0.15, 0.2) is 18.2 Å². The molecule has 0 radical (unpaired) electrons. The minimum atomic E-state index is -0.966. The zero-order valence-electron chi connectivity index (χ0n) is 15.9. The van der Waals surface area contributed by atoms with Crippen LogP contribution in [0.5, 0.6) is 5.75 Å². The van der Waals surface area contributed by atoms with Gasteiger partial charge in [-0.2, -0.15) is 0 Å². The average Bonchev–Trinajstić information content (AvgIpc) is 3.13. The summed E-state index contributed by atoms with van der Waals surface area (Å²) in [4.78, 5) is 50.5. The average molecular weight is 401 g/mol. The number of hydrogen-bond acceptors (Lipinski definition) is 6. The molecule has 1 atom stereocenters. The van der Waals surface area contributed by atoms with Crippen molar-refractivity contribution in [3.05, 3.63) is 29.3 Å². The van der Waals surface area contributed by atoms with E-state index in [0.717, 1.165) is 11.1 Å². The van der Waals surface area contributed by atoms with Crippen molar-refractivity contribution in [1.82, 2.24) is 15.1 Å². The number of amides is 3. The van der Waals surface area contributed by atoms with Gasteiger partial charge in [0.1, 0.15) is 5.75 Å². The first kappa shape index (κ1) is 19.4. The molecule has 1 unspecified atom stereocenters. The van der Waals surface area contributed by atoms with Gasteiger partial charge in [-0.1, -0.05) is 12.1 Å². The van der Waals surface area contributed by atoms with Crippen LogP contribution in [0.25, 0.3) is 0 Å². The number of ether oxygens (including phenoxy) is 1. The Morgan fingerprint density at radius 1 is 1.10 bits per heavy atom. The predicted molar refractivity (Wildman–Crippen MR) is 99.8 cm³/mol. The molecule has 1 aromatic carbocycles. The number of fused-ring (bicyclic) bond motifs is 1. The lowest BCUT2D eigenvalue weighted by atomic mass is 9.97. The van der Waals surface area contributed by atoms with Crippen molar-refractivity contribution >= 4 is 23.9 Å². The molecule has 0 bridgehead atoms. The molecule has 3 amide bonds. The van der Waals surface area contributed by atoms with Crippen LogP contribution in [-0.4, -0.2) is 57.9 Å². The normalized spacial score (nSPS) is 22.9. The number of likely N-dealkylation sites (tertiary alicyclic amines) is 1. The smallest absolute Gasteiger partial charge is 0.407 e. The Bertz CT molecular complexity index is 862. The SMILES string of the molecule is O=C1CCC(N2Cc3cccc(OC(=O)C4CCN(C(=O)O)CC4)c3C2)C(=O)N1. The standard InChI is InChI=1S/C20H23N3O6/c24-17-5-4-15(18(25)21-17)23-10-13-2-1-3-16(14(13)11-23)29-19(26)12-6-8-22(9-7-12)20(27)28/h1-3,12,15H,4-11H2,(H,27,28)(H,21,24,25). The molecule has 0 saturated carbocycles. The number of rotatable bonds is 3. The predicted octanol–water partition coefficient (Wildman–Crippen LogP) is 1.10. The van der Waals surface area contributed by atoms with E-state index in [1.54, 1.807) is 6.07 Å². The van der Waals surface area contributed by atoms with Gasteiger partial charge in [-0.05, 0) is 30.9 Å². The van der Waals surface area contributed by atoms with Gasteiger partial charge in [0.2, 0.25) is 11.8 Å². The van der Waals surface area contributed by atoms with Crippen LogP contribution in [-0.2, 0) is 27.5 Å². The van der Waals surface area contributed by atoms with Crippen molar-refractivity contribution in [1.29, 1.82) is 0 Å².